The third-order valence-corrected chi connectivity index (χ3v) is 5.90. The van der Waals surface area contributed by atoms with E-state index in [0.717, 1.165) is 16.6 Å². The van der Waals surface area contributed by atoms with Crippen molar-refractivity contribution in [1.82, 2.24) is 0 Å². The number of anilines is 1. The van der Waals surface area contributed by atoms with Gasteiger partial charge in [0.05, 0.1) is 6.04 Å². The second-order valence-corrected chi connectivity index (χ2v) is 7.84. The van der Waals surface area contributed by atoms with Crippen LogP contribution in [0.1, 0.15) is 21.4 Å². The Hall–Kier alpha value is -1.10. The van der Waals surface area contributed by atoms with Gasteiger partial charge in [0.25, 0.3) is 0 Å². The van der Waals surface area contributed by atoms with Gasteiger partial charge in [-0.2, -0.15) is 0 Å². The van der Waals surface area contributed by atoms with Crippen LogP contribution in [-0.4, -0.2) is 0 Å². The number of hydrogen-bond donors (Lipinski definition) is 1. The number of hydrogen-bond acceptors (Lipinski definition) is 3. The summed E-state index contributed by atoms with van der Waals surface area (Å²) < 4.78 is 1.11. The smallest absolute Gasteiger partial charge is 0.0655 e. The first-order valence-corrected chi connectivity index (χ1v) is 9.36. The van der Waals surface area contributed by atoms with Gasteiger partial charge < -0.3 is 5.32 Å². The Morgan fingerprint density at radius 3 is 2.62 bits per heavy atom. The first-order valence-electron chi connectivity index (χ1n) is 6.81. The van der Waals surface area contributed by atoms with Gasteiger partial charge in [-0.05, 0) is 63.4 Å². The van der Waals surface area contributed by atoms with Crippen LogP contribution in [0, 0.1) is 6.92 Å². The monoisotopic (exact) mass is 377 g/mol. The van der Waals surface area contributed by atoms with Crippen LogP contribution in [0.3, 0.4) is 0 Å². The lowest BCUT2D eigenvalue weighted by atomic mass is 10.1. The molecule has 0 amide bonds. The zero-order valence-electron chi connectivity index (χ0n) is 11.7. The average Bonchev–Trinajstić information content (AvgIpc) is 3.14. The number of thiophene rings is 2. The van der Waals surface area contributed by atoms with Crippen molar-refractivity contribution in [3.05, 3.63) is 73.0 Å². The summed E-state index contributed by atoms with van der Waals surface area (Å²) in [7, 11) is 0. The lowest BCUT2D eigenvalue weighted by molar-refractivity contribution is 0.801. The molecule has 0 bridgehead atoms. The van der Waals surface area contributed by atoms with Gasteiger partial charge in [0.15, 0.2) is 0 Å². The summed E-state index contributed by atoms with van der Waals surface area (Å²) in [6.07, 6.45) is 1.01. The topological polar surface area (TPSA) is 12.0 Å². The minimum absolute atomic E-state index is 0.307. The fourth-order valence-corrected chi connectivity index (χ4v) is 4.17. The van der Waals surface area contributed by atoms with E-state index in [1.54, 1.807) is 0 Å². The molecule has 3 rings (SSSR count). The fraction of sp³-hybridized carbons (Fsp3) is 0.176. The summed E-state index contributed by atoms with van der Waals surface area (Å²) in [4.78, 5) is 2.78. The standard InChI is InChI=1S/C17H16BrNS2/c1-12-6-7-14(18)15(10-12)19-16(17-5-3-9-21-17)11-13-4-2-8-20-13/h2-10,16,19H,11H2,1H3. The third kappa shape index (κ3) is 3.76. The second-order valence-electron chi connectivity index (χ2n) is 4.98. The number of nitrogens with one attached hydrogen (secondary N) is 1. The number of halogens is 1. The minimum Gasteiger partial charge on any atom is -0.376 e. The predicted octanol–water partition coefficient (Wildman–Crippen LogP) is 6.28. The molecule has 1 unspecified atom stereocenters. The van der Waals surface area contributed by atoms with Crippen molar-refractivity contribution in [1.29, 1.82) is 0 Å². The summed E-state index contributed by atoms with van der Waals surface area (Å²) in [5.41, 5.74) is 2.42. The molecule has 0 saturated carbocycles. The van der Waals surface area contributed by atoms with Crippen LogP contribution in [0.4, 0.5) is 5.69 Å². The third-order valence-electron chi connectivity index (χ3n) is 3.32. The summed E-state index contributed by atoms with van der Waals surface area (Å²) in [6, 6.07) is 15.4. The lowest BCUT2D eigenvalue weighted by Gasteiger charge is -2.19. The Labute approximate surface area is 141 Å². The maximum Gasteiger partial charge on any atom is 0.0655 e. The molecule has 0 fully saturated rings. The molecule has 2 aromatic heterocycles. The highest BCUT2D eigenvalue weighted by Crippen LogP contribution is 2.32. The molecule has 3 aromatic rings. The summed E-state index contributed by atoms with van der Waals surface area (Å²) >= 11 is 7.27. The lowest BCUT2D eigenvalue weighted by Crippen LogP contribution is -2.12. The molecule has 1 aromatic carbocycles. The minimum atomic E-state index is 0.307. The van der Waals surface area contributed by atoms with Gasteiger partial charge in [0, 0.05) is 26.3 Å². The second kappa shape index (κ2) is 6.77. The highest BCUT2D eigenvalue weighted by Gasteiger charge is 2.15. The van der Waals surface area contributed by atoms with Crippen molar-refractivity contribution in [2.75, 3.05) is 5.32 Å². The molecular weight excluding hydrogens is 362 g/mol. The quantitative estimate of drug-likeness (QED) is 0.551. The Kier molecular flexibility index (Phi) is 4.78. The molecule has 0 aliphatic carbocycles. The molecule has 0 aliphatic heterocycles. The summed E-state index contributed by atoms with van der Waals surface area (Å²) in [5, 5.41) is 7.98. The molecule has 0 spiro atoms. The number of benzene rings is 1. The Morgan fingerprint density at radius 2 is 1.90 bits per heavy atom. The molecule has 21 heavy (non-hydrogen) atoms. The average molecular weight is 378 g/mol. The van der Waals surface area contributed by atoms with Crippen molar-refractivity contribution in [3.8, 4) is 0 Å². The van der Waals surface area contributed by atoms with E-state index >= 15 is 0 Å². The van der Waals surface area contributed by atoms with E-state index in [2.05, 4.69) is 81.4 Å². The Balaban J connectivity index is 1.87. The molecular formula is C17H16BrNS2. The van der Waals surface area contributed by atoms with E-state index < -0.39 is 0 Å². The maximum absolute atomic E-state index is 3.70. The largest absolute Gasteiger partial charge is 0.376 e. The van der Waals surface area contributed by atoms with Crippen molar-refractivity contribution in [3.63, 3.8) is 0 Å². The van der Waals surface area contributed by atoms with Gasteiger partial charge in [0.2, 0.25) is 0 Å². The highest BCUT2D eigenvalue weighted by atomic mass is 79.9. The number of aryl methyl sites for hydroxylation is 1. The molecule has 1 N–H and O–H groups in total. The van der Waals surface area contributed by atoms with Gasteiger partial charge in [-0.1, -0.05) is 18.2 Å². The van der Waals surface area contributed by atoms with Gasteiger partial charge in [0.1, 0.15) is 0 Å². The summed E-state index contributed by atoms with van der Waals surface area (Å²) in [5.74, 6) is 0. The zero-order valence-corrected chi connectivity index (χ0v) is 14.9. The molecule has 1 nitrogen and oxygen atoms in total. The van der Waals surface area contributed by atoms with Crippen LogP contribution in [0.2, 0.25) is 0 Å². The molecule has 0 radical (unpaired) electrons. The molecule has 0 aliphatic rings. The van der Waals surface area contributed by atoms with Crippen LogP contribution in [0.15, 0.2) is 57.7 Å². The van der Waals surface area contributed by atoms with Crippen LogP contribution in [-0.2, 0) is 6.42 Å². The van der Waals surface area contributed by atoms with Crippen LogP contribution < -0.4 is 5.32 Å². The Morgan fingerprint density at radius 1 is 1.10 bits per heavy atom. The maximum atomic E-state index is 3.70. The molecule has 4 heteroatoms. The molecule has 108 valence electrons. The van der Waals surface area contributed by atoms with Crippen molar-refractivity contribution in [2.24, 2.45) is 0 Å². The fourth-order valence-electron chi connectivity index (χ4n) is 2.28. The van der Waals surface area contributed by atoms with Crippen molar-refractivity contribution in [2.45, 2.75) is 19.4 Å². The van der Waals surface area contributed by atoms with Gasteiger partial charge in [-0.3, -0.25) is 0 Å². The first kappa shape index (κ1) is 14.8. The van der Waals surface area contributed by atoms with Gasteiger partial charge in [-0.25, -0.2) is 0 Å². The van der Waals surface area contributed by atoms with Crippen molar-refractivity contribution >= 4 is 44.3 Å². The molecule has 1 atom stereocenters. The Bertz CT molecular complexity index is 690. The zero-order chi connectivity index (χ0) is 14.7. The van der Waals surface area contributed by atoms with Crippen molar-refractivity contribution < 1.29 is 0 Å². The normalized spacial score (nSPS) is 12.3. The van der Waals surface area contributed by atoms with E-state index in [9.17, 15) is 0 Å². The molecule has 0 saturated heterocycles. The van der Waals surface area contributed by atoms with Gasteiger partial charge >= 0.3 is 0 Å². The number of rotatable bonds is 5. The SMILES string of the molecule is Cc1ccc(Br)c(NC(Cc2cccs2)c2cccs2)c1. The van der Waals surface area contributed by atoms with E-state index in [1.807, 2.05) is 22.7 Å². The van der Waals surface area contributed by atoms with Crippen LogP contribution >= 0.6 is 38.6 Å². The van der Waals surface area contributed by atoms with E-state index in [4.69, 9.17) is 0 Å². The van der Waals surface area contributed by atoms with Gasteiger partial charge in [-0.15, -0.1) is 22.7 Å². The van der Waals surface area contributed by atoms with E-state index in [-0.39, 0.29) is 0 Å². The first-order chi connectivity index (χ1) is 10.2. The van der Waals surface area contributed by atoms with Crippen LogP contribution in [0.5, 0.6) is 0 Å². The predicted molar refractivity (Wildman–Crippen MR) is 97.6 cm³/mol. The molecule has 2 heterocycles. The highest BCUT2D eigenvalue weighted by molar-refractivity contribution is 9.10. The summed E-state index contributed by atoms with van der Waals surface area (Å²) in [6.45, 7) is 2.12. The van der Waals surface area contributed by atoms with E-state index in [0.29, 0.717) is 6.04 Å². The van der Waals surface area contributed by atoms with Crippen LogP contribution in [0.25, 0.3) is 0 Å². The van der Waals surface area contributed by atoms with E-state index in [1.165, 1.54) is 15.3 Å².